The van der Waals surface area contributed by atoms with Crippen LogP contribution in [-0.4, -0.2) is 0 Å². The van der Waals surface area contributed by atoms with Gasteiger partial charge >= 0.3 is 0 Å². The summed E-state index contributed by atoms with van der Waals surface area (Å²) in [6, 6.07) is 5.06. The second kappa shape index (κ2) is 3.88. The van der Waals surface area contributed by atoms with Crippen LogP contribution >= 0.6 is 11.6 Å². The van der Waals surface area contributed by atoms with Gasteiger partial charge in [0, 0.05) is 5.56 Å². The maximum Gasteiger partial charge on any atom is 0.198 e. The molecule has 0 fully saturated rings. The van der Waals surface area contributed by atoms with E-state index >= 15 is 0 Å². The van der Waals surface area contributed by atoms with Gasteiger partial charge in [0.05, 0.1) is 12.5 Å². The van der Waals surface area contributed by atoms with Crippen LogP contribution in [0.4, 0.5) is 0 Å². The van der Waals surface area contributed by atoms with E-state index in [2.05, 4.69) is 5.43 Å². The molecule has 1 unspecified atom stereocenters. The highest BCUT2D eigenvalue weighted by Gasteiger charge is 2.19. The lowest BCUT2D eigenvalue weighted by molar-refractivity contribution is 0.449. The number of halogens is 1. The van der Waals surface area contributed by atoms with Crippen molar-refractivity contribution in [3.63, 3.8) is 0 Å². The first kappa shape index (κ1) is 9.33. The van der Waals surface area contributed by atoms with Gasteiger partial charge in [0.1, 0.15) is 11.8 Å². The van der Waals surface area contributed by atoms with E-state index in [1.165, 1.54) is 6.26 Å². The minimum absolute atomic E-state index is 0.281. The van der Waals surface area contributed by atoms with Crippen molar-refractivity contribution in [1.29, 1.82) is 0 Å². The van der Waals surface area contributed by atoms with Crippen LogP contribution in [0.15, 0.2) is 39.6 Å². The molecule has 2 rings (SSSR count). The highest BCUT2D eigenvalue weighted by molar-refractivity contribution is 6.29. The van der Waals surface area contributed by atoms with Crippen molar-refractivity contribution in [1.82, 2.24) is 5.43 Å². The average Bonchev–Trinajstić information content (AvgIpc) is 2.80. The number of hydrazine groups is 1. The van der Waals surface area contributed by atoms with E-state index in [0.717, 1.165) is 5.56 Å². The quantitative estimate of drug-likeness (QED) is 0.604. The predicted molar refractivity (Wildman–Crippen MR) is 51.6 cm³/mol. The molecule has 0 bridgehead atoms. The molecule has 2 heterocycles. The fourth-order valence-electron chi connectivity index (χ4n) is 1.29. The van der Waals surface area contributed by atoms with E-state index in [0.29, 0.717) is 11.0 Å². The Labute approximate surface area is 85.6 Å². The number of furan rings is 2. The molecule has 14 heavy (non-hydrogen) atoms. The summed E-state index contributed by atoms with van der Waals surface area (Å²) in [7, 11) is 0. The smallest absolute Gasteiger partial charge is 0.198 e. The summed E-state index contributed by atoms with van der Waals surface area (Å²) < 4.78 is 10.2. The van der Waals surface area contributed by atoms with E-state index in [-0.39, 0.29) is 6.04 Å². The number of hydrogen-bond acceptors (Lipinski definition) is 4. The minimum atomic E-state index is -0.281. The van der Waals surface area contributed by atoms with Crippen LogP contribution in [0.3, 0.4) is 0 Å². The molecule has 0 aromatic carbocycles. The van der Waals surface area contributed by atoms with Gasteiger partial charge in [-0.2, -0.15) is 0 Å². The second-order valence-corrected chi connectivity index (χ2v) is 3.11. The van der Waals surface area contributed by atoms with E-state index in [1.54, 1.807) is 18.4 Å². The first-order chi connectivity index (χ1) is 6.83. The monoisotopic (exact) mass is 212 g/mol. The van der Waals surface area contributed by atoms with Crippen LogP contribution < -0.4 is 11.3 Å². The molecule has 0 saturated carbocycles. The van der Waals surface area contributed by atoms with E-state index < -0.39 is 0 Å². The van der Waals surface area contributed by atoms with Crippen molar-refractivity contribution >= 4 is 11.6 Å². The van der Waals surface area contributed by atoms with E-state index in [4.69, 9.17) is 26.3 Å². The fraction of sp³-hybridized carbons (Fsp3) is 0.111. The largest absolute Gasteiger partial charge is 0.467 e. The van der Waals surface area contributed by atoms with Gasteiger partial charge in [-0.25, -0.2) is 5.43 Å². The molecular weight excluding hydrogens is 204 g/mol. The summed E-state index contributed by atoms with van der Waals surface area (Å²) in [6.45, 7) is 0. The summed E-state index contributed by atoms with van der Waals surface area (Å²) in [5.41, 5.74) is 3.36. The molecule has 0 aliphatic heterocycles. The second-order valence-electron chi connectivity index (χ2n) is 2.76. The van der Waals surface area contributed by atoms with Crippen LogP contribution in [0.5, 0.6) is 0 Å². The average molecular weight is 213 g/mol. The van der Waals surface area contributed by atoms with Crippen LogP contribution in [-0.2, 0) is 0 Å². The normalized spacial score (nSPS) is 13.0. The number of hydrogen-bond donors (Lipinski definition) is 2. The lowest BCUT2D eigenvalue weighted by Crippen LogP contribution is -2.28. The van der Waals surface area contributed by atoms with Crippen molar-refractivity contribution in [2.45, 2.75) is 6.04 Å². The Morgan fingerprint density at radius 3 is 2.64 bits per heavy atom. The Kier molecular flexibility index (Phi) is 2.58. The standard InChI is InChI=1S/C9H9ClN2O2/c10-9-6(3-5-14-9)8(12-11)7-2-1-4-13-7/h1-5,8,12H,11H2. The zero-order valence-electron chi connectivity index (χ0n) is 7.24. The predicted octanol–water partition coefficient (Wildman–Crippen LogP) is 2.08. The molecule has 0 radical (unpaired) electrons. The zero-order valence-corrected chi connectivity index (χ0v) is 7.99. The summed E-state index contributed by atoms with van der Waals surface area (Å²) in [6.07, 6.45) is 3.08. The van der Waals surface area contributed by atoms with Crippen LogP contribution in [0.25, 0.3) is 0 Å². The maximum atomic E-state index is 5.83. The molecule has 0 spiro atoms. The maximum absolute atomic E-state index is 5.83. The molecule has 0 amide bonds. The Hall–Kier alpha value is -1.23. The number of rotatable bonds is 3. The molecule has 4 nitrogen and oxygen atoms in total. The van der Waals surface area contributed by atoms with Gasteiger partial charge in [0.2, 0.25) is 0 Å². The van der Waals surface area contributed by atoms with Gasteiger partial charge in [0.15, 0.2) is 5.22 Å². The van der Waals surface area contributed by atoms with Crippen molar-refractivity contribution in [3.8, 4) is 0 Å². The molecule has 2 aromatic heterocycles. The van der Waals surface area contributed by atoms with Gasteiger partial charge in [-0.3, -0.25) is 5.84 Å². The summed E-state index contributed by atoms with van der Waals surface area (Å²) in [5.74, 6) is 6.10. The highest BCUT2D eigenvalue weighted by Crippen LogP contribution is 2.28. The Morgan fingerprint density at radius 1 is 1.29 bits per heavy atom. The molecule has 0 saturated heterocycles. The molecule has 0 aliphatic carbocycles. The van der Waals surface area contributed by atoms with Gasteiger partial charge in [-0.15, -0.1) is 0 Å². The summed E-state index contributed by atoms with van der Waals surface area (Å²) in [5, 5.41) is 0.310. The molecule has 74 valence electrons. The lowest BCUT2D eigenvalue weighted by Gasteiger charge is -2.11. The summed E-state index contributed by atoms with van der Waals surface area (Å²) in [4.78, 5) is 0. The van der Waals surface area contributed by atoms with Crippen LogP contribution in [0, 0.1) is 0 Å². The molecule has 2 aromatic rings. The molecule has 0 aliphatic rings. The third-order valence-electron chi connectivity index (χ3n) is 1.95. The van der Waals surface area contributed by atoms with Crippen molar-refractivity contribution in [3.05, 3.63) is 47.3 Å². The first-order valence-electron chi connectivity index (χ1n) is 4.05. The molecule has 5 heteroatoms. The van der Waals surface area contributed by atoms with Gasteiger partial charge < -0.3 is 8.83 Å². The number of nitrogens with one attached hydrogen (secondary N) is 1. The Balaban J connectivity index is 2.36. The van der Waals surface area contributed by atoms with Crippen LogP contribution in [0.2, 0.25) is 5.22 Å². The molecule has 1 atom stereocenters. The van der Waals surface area contributed by atoms with Crippen molar-refractivity contribution in [2.75, 3.05) is 0 Å². The Bertz CT molecular complexity index is 397. The Morgan fingerprint density at radius 2 is 2.14 bits per heavy atom. The van der Waals surface area contributed by atoms with Gasteiger partial charge in [-0.1, -0.05) is 0 Å². The molecular formula is C9H9ClN2O2. The van der Waals surface area contributed by atoms with Crippen molar-refractivity contribution in [2.24, 2.45) is 5.84 Å². The van der Waals surface area contributed by atoms with Crippen molar-refractivity contribution < 1.29 is 8.83 Å². The van der Waals surface area contributed by atoms with E-state index in [9.17, 15) is 0 Å². The van der Waals surface area contributed by atoms with Gasteiger partial charge in [0.25, 0.3) is 0 Å². The highest BCUT2D eigenvalue weighted by atomic mass is 35.5. The first-order valence-corrected chi connectivity index (χ1v) is 4.43. The molecule has 3 N–H and O–H groups in total. The fourth-order valence-corrected chi connectivity index (χ4v) is 1.51. The minimum Gasteiger partial charge on any atom is -0.467 e. The van der Waals surface area contributed by atoms with E-state index in [1.807, 2.05) is 6.07 Å². The zero-order chi connectivity index (χ0) is 9.97. The number of nitrogens with two attached hydrogens (primary N) is 1. The van der Waals surface area contributed by atoms with Gasteiger partial charge in [-0.05, 0) is 29.8 Å². The third kappa shape index (κ3) is 1.55. The third-order valence-corrected chi connectivity index (χ3v) is 2.26. The summed E-state index contributed by atoms with van der Waals surface area (Å²) >= 11 is 5.83. The van der Waals surface area contributed by atoms with Crippen LogP contribution in [0.1, 0.15) is 17.4 Å². The lowest BCUT2D eigenvalue weighted by atomic mass is 10.1. The SMILES string of the molecule is NNC(c1ccco1)c1ccoc1Cl. The topological polar surface area (TPSA) is 64.3 Å².